The lowest BCUT2D eigenvalue weighted by atomic mass is 9.65. The molecule has 1 fully saturated rings. The number of halogens is 1. The van der Waals surface area contributed by atoms with Crippen molar-refractivity contribution >= 4 is 0 Å². The molecule has 0 saturated heterocycles. The molecule has 0 aromatic heterocycles. The molecule has 2 heteroatoms. The molecule has 0 heterocycles. The third kappa shape index (κ3) is 3.41. The molecule has 0 atom stereocenters. The minimum Gasteiger partial charge on any atom is -0.325 e. The molecule has 1 saturated carbocycles. The summed E-state index contributed by atoms with van der Waals surface area (Å²) >= 11 is 0. The van der Waals surface area contributed by atoms with Crippen molar-refractivity contribution in [3.63, 3.8) is 0 Å². The zero-order chi connectivity index (χ0) is 14.8. The Morgan fingerprint density at radius 1 is 1.25 bits per heavy atom. The van der Waals surface area contributed by atoms with Crippen LogP contribution in [-0.4, -0.2) is 5.54 Å². The number of rotatable bonds is 4. The van der Waals surface area contributed by atoms with Crippen molar-refractivity contribution in [1.29, 1.82) is 0 Å². The van der Waals surface area contributed by atoms with Gasteiger partial charge in [0.05, 0.1) is 0 Å². The third-order valence-electron chi connectivity index (χ3n) is 5.50. The summed E-state index contributed by atoms with van der Waals surface area (Å²) in [6, 6.07) is 7.03. The second-order valence-electron chi connectivity index (χ2n) is 7.25. The van der Waals surface area contributed by atoms with E-state index in [-0.39, 0.29) is 11.4 Å². The van der Waals surface area contributed by atoms with E-state index in [9.17, 15) is 4.39 Å². The third-order valence-corrected chi connectivity index (χ3v) is 5.50. The molecule has 0 amide bonds. The molecule has 2 N–H and O–H groups in total. The van der Waals surface area contributed by atoms with E-state index < -0.39 is 0 Å². The Kier molecular flexibility index (Phi) is 4.53. The van der Waals surface area contributed by atoms with Gasteiger partial charge in [0.15, 0.2) is 0 Å². The zero-order valence-electron chi connectivity index (χ0n) is 13.1. The summed E-state index contributed by atoms with van der Waals surface area (Å²) in [6.45, 7) is 6.99. The SMILES string of the molecule is CCC(C)(C)C1CCC(N)(Cc2ccccc2F)CC1. The molecule has 0 aliphatic heterocycles. The molecule has 1 aromatic carbocycles. The summed E-state index contributed by atoms with van der Waals surface area (Å²) in [4.78, 5) is 0. The molecular formula is C18H28FN. The van der Waals surface area contributed by atoms with E-state index in [1.54, 1.807) is 6.07 Å². The second-order valence-corrected chi connectivity index (χ2v) is 7.25. The fourth-order valence-electron chi connectivity index (χ4n) is 3.46. The Labute approximate surface area is 122 Å². The summed E-state index contributed by atoms with van der Waals surface area (Å²) in [6.07, 6.45) is 6.24. The highest BCUT2D eigenvalue weighted by Gasteiger charge is 2.37. The summed E-state index contributed by atoms with van der Waals surface area (Å²) < 4.78 is 13.8. The zero-order valence-corrected chi connectivity index (χ0v) is 13.1. The fourth-order valence-corrected chi connectivity index (χ4v) is 3.46. The topological polar surface area (TPSA) is 26.0 Å². The van der Waals surface area contributed by atoms with Crippen LogP contribution in [0.15, 0.2) is 24.3 Å². The Balaban J connectivity index is 2.00. The highest BCUT2D eigenvalue weighted by atomic mass is 19.1. The van der Waals surface area contributed by atoms with Gasteiger partial charge in [-0.3, -0.25) is 0 Å². The molecule has 0 spiro atoms. The van der Waals surface area contributed by atoms with Crippen LogP contribution >= 0.6 is 0 Å². The van der Waals surface area contributed by atoms with Crippen LogP contribution in [0.4, 0.5) is 4.39 Å². The van der Waals surface area contributed by atoms with Crippen molar-refractivity contribution in [3.05, 3.63) is 35.6 Å². The molecule has 112 valence electrons. The van der Waals surface area contributed by atoms with Crippen LogP contribution in [0.5, 0.6) is 0 Å². The molecule has 0 radical (unpaired) electrons. The van der Waals surface area contributed by atoms with Crippen LogP contribution < -0.4 is 5.73 Å². The Bertz CT molecular complexity index is 444. The van der Waals surface area contributed by atoms with E-state index in [2.05, 4.69) is 20.8 Å². The Hall–Kier alpha value is -0.890. The predicted molar refractivity (Wildman–Crippen MR) is 83.1 cm³/mol. The first-order valence-electron chi connectivity index (χ1n) is 7.89. The van der Waals surface area contributed by atoms with Gasteiger partial charge < -0.3 is 5.73 Å². The van der Waals surface area contributed by atoms with E-state index in [1.165, 1.54) is 25.3 Å². The maximum atomic E-state index is 13.8. The number of nitrogens with two attached hydrogens (primary N) is 1. The minimum atomic E-state index is -0.220. The molecule has 1 aliphatic rings. The minimum absolute atomic E-state index is 0.117. The lowest BCUT2D eigenvalue weighted by molar-refractivity contribution is 0.115. The first-order chi connectivity index (χ1) is 9.36. The van der Waals surface area contributed by atoms with Crippen LogP contribution in [0.25, 0.3) is 0 Å². The van der Waals surface area contributed by atoms with Crippen LogP contribution in [0.3, 0.4) is 0 Å². The first kappa shape index (κ1) is 15.5. The number of benzene rings is 1. The Morgan fingerprint density at radius 2 is 1.85 bits per heavy atom. The lowest BCUT2D eigenvalue weighted by Crippen LogP contribution is -2.47. The van der Waals surface area contributed by atoms with Crippen molar-refractivity contribution in [2.75, 3.05) is 0 Å². The van der Waals surface area contributed by atoms with Crippen molar-refractivity contribution in [1.82, 2.24) is 0 Å². The summed E-state index contributed by atoms with van der Waals surface area (Å²) in [5.74, 6) is 0.637. The largest absolute Gasteiger partial charge is 0.325 e. The molecule has 0 unspecified atom stereocenters. The Morgan fingerprint density at radius 3 is 2.40 bits per heavy atom. The summed E-state index contributed by atoms with van der Waals surface area (Å²) in [7, 11) is 0. The van der Waals surface area contributed by atoms with Gasteiger partial charge in [0.25, 0.3) is 0 Å². The van der Waals surface area contributed by atoms with Gasteiger partial charge in [0, 0.05) is 5.54 Å². The molecule has 2 rings (SSSR count). The van der Waals surface area contributed by atoms with Crippen molar-refractivity contribution in [3.8, 4) is 0 Å². The van der Waals surface area contributed by atoms with Crippen molar-refractivity contribution in [2.24, 2.45) is 17.1 Å². The van der Waals surface area contributed by atoms with Gasteiger partial charge in [0.1, 0.15) is 5.82 Å². The van der Waals surface area contributed by atoms with Gasteiger partial charge in [-0.25, -0.2) is 4.39 Å². The van der Waals surface area contributed by atoms with E-state index in [1.807, 2.05) is 12.1 Å². The normalized spacial score (nSPS) is 27.6. The van der Waals surface area contributed by atoms with Gasteiger partial charge in [0.2, 0.25) is 0 Å². The highest BCUT2D eigenvalue weighted by molar-refractivity contribution is 5.20. The predicted octanol–water partition coefficient (Wildman–Crippen LogP) is 4.69. The lowest BCUT2D eigenvalue weighted by Gasteiger charge is -2.43. The van der Waals surface area contributed by atoms with Crippen LogP contribution in [-0.2, 0) is 6.42 Å². The molecule has 20 heavy (non-hydrogen) atoms. The van der Waals surface area contributed by atoms with Gasteiger partial charge in [-0.2, -0.15) is 0 Å². The molecule has 1 aromatic rings. The van der Waals surface area contributed by atoms with E-state index in [0.717, 1.165) is 24.3 Å². The van der Waals surface area contributed by atoms with Gasteiger partial charge in [-0.15, -0.1) is 0 Å². The van der Waals surface area contributed by atoms with E-state index in [4.69, 9.17) is 5.73 Å². The van der Waals surface area contributed by atoms with Crippen LogP contribution in [0.1, 0.15) is 58.4 Å². The van der Waals surface area contributed by atoms with E-state index >= 15 is 0 Å². The van der Waals surface area contributed by atoms with Gasteiger partial charge >= 0.3 is 0 Å². The molecular weight excluding hydrogens is 249 g/mol. The average Bonchev–Trinajstić information content (AvgIpc) is 2.42. The molecule has 1 nitrogen and oxygen atoms in total. The number of hydrogen-bond acceptors (Lipinski definition) is 1. The second kappa shape index (κ2) is 5.85. The highest BCUT2D eigenvalue weighted by Crippen LogP contribution is 2.43. The van der Waals surface area contributed by atoms with Crippen LogP contribution in [0.2, 0.25) is 0 Å². The van der Waals surface area contributed by atoms with Crippen LogP contribution in [0, 0.1) is 17.2 Å². The van der Waals surface area contributed by atoms with Crippen molar-refractivity contribution < 1.29 is 4.39 Å². The molecule has 1 aliphatic carbocycles. The maximum Gasteiger partial charge on any atom is 0.126 e. The maximum absolute atomic E-state index is 13.8. The molecule has 0 bridgehead atoms. The quantitative estimate of drug-likeness (QED) is 0.848. The fraction of sp³-hybridized carbons (Fsp3) is 0.667. The average molecular weight is 277 g/mol. The summed E-state index contributed by atoms with van der Waals surface area (Å²) in [5.41, 5.74) is 7.49. The standard InChI is InChI=1S/C18H28FN/c1-4-17(2,3)15-9-11-18(20,12-10-15)13-14-7-5-6-8-16(14)19/h5-8,15H,4,9-13,20H2,1-3H3. The van der Waals surface area contributed by atoms with E-state index in [0.29, 0.717) is 11.8 Å². The van der Waals surface area contributed by atoms with Gasteiger partial charge in [-0.05, 0) is 55.1 Å². The monoisotopic (exact) mass is 277 g/mol. The smallest absolute Gasteiger partial charge is 0.126 e. The van der Waals surface area contributed by atoms with Gasteiger partial charge in [-0.1, -0.05) is 45.4 Å². The number of hydrogen-bond donors (Lipinski definition) is 1. The summed E-state index contributed by atoms with van der Waals surface area (Å²) in [5, 5.41) is 0. The first-order valence-corrected chi connectivity index (χ1v) is 7.89. The van der Waals surface area contributed by atoms with Crippen molar-refractivity contribution in [2.45, 2.75) is 64.8 Å².